The van der Waals surface area contributed by atoms with Crippen molar-refractivity contribution in [3.05, 3.63) is 34.9 Å². The van der Waals surface area contributed by atoms with Crippen LogP contribution in [0.2, 0.25) is 0 Å². The Hall–Kier alpha value is -1.88. The van der Waals surface area contributed by atoms with E-state index in [2.05, 4.69) is 36.6 Å². The predicted octanol–water partition coefficient (Wildman–Crippen LogP) is 0.912. The van der Waals surface area contributed by atoms with Gasteiger partial charge in [-0.1, -0.05) is 18.2 Å². The van der Waals surface area contributed by atoms with E-state index in [0.29, 0.717) is 13.1 Å². The topological polar surface area (TPSA) is 61.4 Å². The van der Waals surface area contributed by atoms with Gasteiger partial charge in [0.2, 0.25) is 11.8 Å². The molecule has 2 amide bonds. The maximum absolute atomic E-state index is 12.1. The lowest BCUT2D eigenvalue weighted by atomic mass is 10.0. The van der Waals surface area contributed by atoms with Gasteiger partial charge in [0.05, 0.1) is 19.1 Å². The van der Waals surface area contributed by atoms with Crippen LogP contribution in [-0.2, 0) is 9.59 Å². The summed E-state index contributed by atoms with van der Waals surface area (Å²) in [7, 11) is 0. The number of rotatable bonds is 4. The van der Waals surface area contributed by atoms with Gasteiger partial charge in [0.25, 0.3) is 0 Å². The van der Waals surface area contributed by atoms with Crippen molar-refractivity contribution in [2.24, 2.45) is 0 Å². The average Bonchev–Trinajstić information content (AvgIpc) is 2.41. The summed E-state index contributed by atoms with van der Waals surface area (Å²) in [6.07, 6.45) is 0. The number of amides is 2. The molecular weight excluding hydrogens is 266 g/mol. The average molecular weight is 289 g/mol. The molecule has 114 valence electrons. The second kappa shape index (κ2) is 6.72. The molecule has 0 aromatic heterocycles. The number of aryl methyl sites for hydroxylation is 2. The fourth-order valence-corrected chi connectivity index (χ4v) is 2.43. The standard InChI is InChI=1S/C16H23N3O2/c1-11-4-5-14(8-12(11)2)13(3)18-16(21)10-19-7-6-17-15(20)9-19/h4-5,8,13H,6-7,9-10H2,1-3H3,(H,17,20)(H,18,21)/t13-/m0/s1. The fourth-order valence-electron chi connectivity index (χ4n) is 2.43. The Morgan fingerprint density at radius 2 is 2.14 bits per heavy atom. The summed E-state index contributed by atoms with van der Waals surface area (Å²) in [4.78, 5) is 25.2. The van der Waals surface area contributed by atoms with Crippen LogP contribution in [0.3, 0.4) is 0 Å². The summed E-state index contributed by atoms with van der Waals surface area (Å²) in [5, 5.41) is 5.74. The van der Waals surface area contributed by atoms with Crippen LogP contribution in [0.5, 0.6) is 0 Å². The van der Waals surface area contributed by atoms with E-state index >= 15 is 0 Å². The number of nitrogens with one attached hydrogen (secondary N) is 2. The molecule has 5 heteroatoms. The Kier molecular flexibility index (Phi) is 4.96. The molecule has 0 spiro atoms. The van der Waals surface area contributed by atoms with Crippen molar-refractivity contribution in [2.45, 2.75) is 26.8 Å². The molecule has 1 heterocycles. The highest BCUT2D eigenvalue weighted by atomic mass is 16.2. The van der Waals surface area contributed by atoms with E-state index in [9.17, 15) is 9.59 Å². The minimum Gasteiger partial charge on any atom is -0.354 e. The molecule has 1 saturated heterocycles. The van der Waals surface area contributed by atoms with Gasteiger partial charge >= 0.3 is 0 Å². The Morgan fingerprint density at radius 3 is 2.81 bits per heavy atom. The maximum atomic E-state index is 12.1. The van der Waals surface area contributed by atoms with Gasteiger partial charge in [-0.15, -0.1) is 0 Å². The number of nitrogens with zero attached hydrogens (tertiary/aromatic N) is 1. The fraction of sp³-hybridized carbons (Fsp3) is 0.500. The first-order valence-corrected chi connectivity index (χ1v) is 7.31. The van der Waals surface area contributed by atoms with E-state index in [4.69, 9.17) is 0 Å². The van der Waals surface area contributed by atoms with Crippen LogP contribution in [0.4, 0.5) is 0 Å². The van der Waals surface area contributed by atoms with Crippen LogP contribution >= 0.6 is 0 Å². The monoisotopic (exact) mass is 289 g/mol. The zero-order chi connectivity index (χ0) is 15.4. The maximum Gasteiger partial charge on any atom is 0.234 e. The van der Waals surface area contributed by atoms with Gasteiger partial charge in [0.1, 0.15) is 0 Å². The Labute approximate surface area is 125 Å². The minimum absolute atomic E-state index is 0.0174. The molecule has 0 radical (unpaired) electrons. The second-order valence-corrected chi connectivity index (χ2v) is 5.69. The van der Waals surface area contributed by atoms with E-state index in [1.165, 1.54) is 11.1 Å². The third kappa shape index (κ3) is 4.29. The molecule has 2 N–H and O–H groups in total. The lowest BCUT2D eigenvalue weighted by Crippen LogP contribution is -2.50. The zero-order valence-electron chi connectivity index (χ0n) is 12.9. The number of carbonyl (C=O) groups excluding carboxylic acids is 2. The molecule has 1 aliphatic rings. The molecule has 1 atom stereocenters. The van der Waals surface area contributed by atoms with Crippen LogP contribution in [0.25, 0.3) is 0 Å². The highest BCUT2D eigenvalue weighted by molar-refractivity contribution is 5.82. The molecule has 5 nitrogen and oxygen atoms in total. The second-order valence-electron chi connectivity index (χ2n) is 5.69. The molecule has 0 aliphatic carbocycles. The molecule has 1 aliphatic heterocycles. The van der Waals surface area contributed by atoms with Crippen molar-refractivity contribution in [2.75, 3.05) is 26.2 Å². The van der Waals surface area contributed by atoms with Gasteiger partial charge in [0, 0.05) is 13.1 Å². The number of hydrogen-bond donors (Lipinski definition) is 2. The van der Waals surface area contributed by atoms with Crippen molar-refractivity contribution >= 4 is 11.8 Å². The summed E-state index contributed by atoms with van der Waals surface area (Å²) < 4.78 is 0. The van der Waals surface area contributed by atoms with Gasteiger partial charge in [-0.05, 0) is 37.5 Å². The Morgan fingerprint density at radius 1 is 1.38 bits per heavy atom. The van der Waals surface area contributed by atoms with Crippen molar-refractivity contribution in [1.29, 1.82) is 0 Å². The SMILES string of the molecule is Cc1ccc([C@H](C)NC(=O)CN2CCNC(=O)C2)cc1C. The Bertz CT molecular complexity index is 542. The first-order chi connectivity index (χ1) is 9.95. The van der Waals surface area contributed by atoms with E-state index < -0.39 is 0 Å². The first-order valence-electron chi connectivity index (χ1n) is 7.31. The van der Waals surface area contributed by atoms with E-state index in [0.717, 1.165) is 12.1 Å². The highest BCUT2D eigenvalue weighted by Crippen LogP contribution is 2.16. The number of hydrogen-bond acceptors (Lipinski definition) is 3. The van der Waals surface area contributed by atoms with Gasteiger partial charge in [0.15, 0.2) is 0 Å². The van der Waals surface area contributed by atoms with Crippen LogP contribution in [-0.4, -0.2) is 42.9 Å². The van der Waals surface area contributed by atoms with Gasteiger partial charge in [-0.3, -0.25) is 14.5 Å². The molecule has 0 unspecified atom stereocenters. The van der Waals surface area contributed by atoms with Crippen molar-refractivity contribution in [3.8, 4) is 0 Å². The van der Waals surface area contributed by atoms with Crippen LogP contribution < -0.4 is 10.6 Å². The van der Waals surface area contributed by atoms with Gasteiger partial charge in [-0.2, -0.15) is 0 Å². The molecule has 1 fully saturated rings. The van der Waals surface area contributed by atoms with Crippen molar-refractivity contribution in [1.82, 2.24) is 15.5 Å². The summed E-state index contributed by atoms with van der Waals surface area (Å²) in [6.45, 7) is 8.01. The van der Waals surface area contributed by atoms with Crippen LogP contribution in [0.15, 0.2) is 18.2 Å². The lowest BCUT2D eigenvalue weighted by Gasteiger charge is -2.26. The predicted molar refractivity (Wildman–Crippen MR) is 81.9 cm³/mol. The molecule has 1 aromatic rings. The first kappa shape index (κ1) is 15.5. The minimum atomic E-state index is -0.0459. The number of benzene rings is 1. The molecule has 0 bridgehead atoms. The molecule has 1 aromatic carbocycles. The smallest absolute Gasteiger partial charge is 0.234 e. The van der Waals surface area contributed by atoms with Crippen LogP contribution in [0.1, 0.15) is 29.7 Å². The molecule has 2 rings (SSSR count). The largest absolute Gasteiger partial charge is 0.354 e. The lowest BCUT2D eigenvalue weighted by molar-refractivity contribution is -0.127. The summed E-state index contributed by atoms with van der Waals surface area (Å²) in [5.41, 5.74) is 3.57. The third-order valence-electron chi connectivity index (χ3n) is 3.89. The van der Waals surface area contributed by atoms with E-state index in [-0.39, 0.29) is 24.4 Å². The van der Waals surface area contributed by atoms with E-state index in [1.807, 2.05) is 17.9 Å². The number of carbonyl (C=O) groups is 2. The van der Waals surface area contributed by atoms with E-state index in [1.54, 1.807) is 0 Å². The number of piperazine rings is 1. The van der Waals surface area contributed by atoms with Gasteiger partial charge in [-0.25, -0.2) is 0 Å². The molecular formula is C16H23N3O2. The molecule has 21 heavy (non-hydrogen) atoms. The Balaban J connectivity index is 1.89. The molecule has 0 saturated carbocycles. The quantitative estimate of drug-likeness (QED) is 0.866. The zero-order valence-corrected chi connectivity index (χ0v) is 12.9. The summed E-state index contributed by atoms with van der Waals surface area (Å²) in [6, 6.07) is 6.19. The van der Waals surface area contributed by atoms with Crippen molar-refractivity contribution in [3.63, 3.8) is 0 Å². The third-order valence-corrected chi connectivity index (χ3v) is 3.89. The summed E-state index contributed by atoms with van der Waals surface area (Å²) in [5.74, 6) is -0.0633. The van der Waals surface area contributed by atoms with Gasteiger partial charge < -0.3 is 10.6 Å². The highest BCUT2D eigenvalue weighted by Gasteiger charge is 2.19. The summed E-state index contributed by atoms with van der Waals surface area (Å²) >= 11 is 0. The normalized spacial score (nSPS) is 17.2. The van der Waals surface area contributed by atoms with Crippen LogP contribution in [0, 0.1) is 13.8 Å². The van der Waals surface area contributed by atoms with Crippen molar-refractivity contribution < 1.29 is 9.59 Å².